The molecule has 0 atom stereocenters. The van der Waals surface area contributed by atoms with E-state index in [0.717, 1.165) is 12.4 Å². The van der Waals surface area contributed by atoms with Crippen LogP contribution in [-0.4, -0.2) is 40.1 Å². The van der Waals surface area contributed by atoms with Gasteiger partial charge in [0, 0.05) is 44.4 Å². The van der Waals surface area contributed by atoms with Crippen molar-refractivity contribution < 1.29 is 26.7 Å². The molecule has 1 amide bonds. The molecule has 0 unspecified atom stereocenters. The van der Waals surface area contributed by atoms with Crippen molar-refractivity contribution in [1.82, 2.24) is 23.8 Å². The van der Waals surface area contributed by atoms with Crippen molar-refractivity contribution in [2.24, 2.45) is 7.05 Å². The van der Waals surface area contributed by atoms with Gasteiger partial charge in [0.15, 0.2) is 5.82 Å². The summed E-state index contributed by atoms with van der Waals surface area (Å²) in [5, 5.41) is 1.80. The molecule has 0 aliphatic heterocycles. The van der Waals surface area contributed by atoms with Crippen molar-refractivity contribution in [3.05, 3.63) is 54.2 Å². The lowest BCUT2D eigenvalue weighted by Crippen LogP contribution is -2.19. The molecule has 0 saturated heterocycles. The van der Waals surface area contributed by atoms with Crippen LogP contribution in [0.5, 0.6) is 0 Å². The maximum atomic E-state index is 15.1. The second kappa shape index (κ2) is 7.38. The minimum Gasteiger partial charge on any atom is -0.445 e. The van der Waals surface area contributed by atoms with Crippen LogP contribution in [0.4, 0.5) is 13.6 Å². The van der Waals surface area contributed by atoms with Gasteiger partial charge in [-0.3, -0.25) is 0 Å². The van der Waals surface area contributed by atoms with Crippen LogP contribution in [0.15, 0.2) is 42.1 Å². The number of nitrogens with one attached hydrogen (secondary N) is 1. The average molecular weight is 411 g/mol. The van der Waals surface area contributed by atoms with Crippen LogP contribution in [0.1, 0.15) is 5.56 Å². The Morgan fingerprint density at radius 1 is 1.29 bits per heavy atom. The van der Waals surface area contributed by atoms with Crippen LogP contribution in [0, 0.1) is 11.8 Å². The molecule has 12 heteroatoms. The molecule has 3 rings (SSSR count). The zero-order chi connectivity index (χ0) is 20.5. The minimum atomic E-state index is -4.39. The van der Waals surface area contributed by atoms with E-state index in [1.807, 2.05) is 0 Å². The molecule has 0 saturated carbocycles. The Morgan fingerprint density at radius 3 is 2.64 bits per heavy atom. The van der Waals surface area contributed by atoms with Gasteiger partial charge in [0.2, 0.25) is 11.1 Å². The molecule has 0 radical (unpaired) electrons. The molecule has 28 heavy (non-hydrogen) atoms. The number of nitrogens with zero attached hydrogens (tertiary/aromatic N) is 4. The second-order valence-electron chi connectivity index (χ2n) is 5.61. The molecule has 0 aliphatic rings. The predicted molar refractivity (Wildman–Crippen MR) is 92.6 cm³/mol. The number of halogens is 2. The smallest absolute Gasteiger partial charge is 0.407 e. The maximum absolute atomic E-state index is 15.1. The largest absolute Gasteiger partial charge is 0.445 e. The van der Waals surface area contributed by atoms with Crippen molar-refractivity contribution in [2.75, 3.05) is 7.05 Å². The van der Waals surface area contributed by atoms with Gasteiger partial charge >= 0.3 is 16.1 Å². The fourth-order valence-corrected chi connectivity index (χ4v) is 3.98. The highest BCUT2D eigenvalue weighted by Crippen LogP contribution is 2.31. The number of alkyl carbamates (subject to hydrolysis) is 1. The summed E-state index contributed by atoms with van der Waals surface area (Å²) in [6, 6.07) is 2.53. The van der Waals surface area contributed by atoms with E-state index in [1.165, 1.54) is 43.2 Å². The molecular weight excluding hydrogens is 396 g/mol. The second-order valence-corrected chi connectivity index (χ2v) is 7.32. The SMILES string of the molecule is CNC(=O)OCc1cn(S(=O)(=O)c2nccn2C)c(-c2cccnc2F)c1F. The Hall–Kier alpha value is -3.28. The van der Waals surface area contributed by atoms with Gasteiger partial charge in [-0.1, -0.05) is 0 Å². The number of pyridine rings is 1. The number of hydrogen-bond donors (Lipinski definition) is 1. The first kappa shape index (κ1) is 19.5. The summed E-state index contributed by atoms with van der Waals surface area (Å²) in [5.74, 6) is -2.12. The molecule has 3 aromatic heterocycles. The Kier molecular flexibility index (Phi) is 5.14. The summed E-state index contributed by atoms with van der Waals surface area (Å²) in [4.78, 5) is 18.5. The monoisotopic (exact) mass is 411 g/mol. The zero-order valence-electron chi connectivity index (χ0n) is 14.8. The molecular formula is C16H15F2N5O4S. The molecule has 0 spiro atoms. The molecule has 0 aromatic carbocycles. The van der Waals surface area contributed by atoms with E-state index >= 15 is 4.39 Å². The van der Waals surface area contributed by atoms with Gasteiger partial charge in [-0.2, -0.15) is 12.8 Å². The van der Waals surface area contributed by atoms with Gasteiger partial charge in [-0.05, 0) is 12.1 Å². The number of rotatable bonds is 5. The minimum absolute atomic E-state index is 0.264. The van der Waals surface area contributed by atoms with E-state index in [-0.39, 0.29) is 16.3 Å². The van der Waals surface area contributed by atoms with Crippen molar-refractivity contribution >= 4 is 16.1 Å². The van der Waals surface area contributed by atoms with E-state index < -0.39 is 40.2 Å². The first-order valence-corrected chi connectivity index (χ1v) is 9.29. The molecule has 9 nitrogen and oxygen atoms in total. The third kappa shape index (κ3) is 3.33. The predicted octanol–water partition coefficient (Wildman–Crippen LogP) is 1.65. The van der Waals surface area contributed by atoms with Crippen LogP contribution in [0.3, 0.4) is 0 Å². The lowest BCUT2D eigenvalue weighted by Gasteiger charge is -2.10. The van der Waals surface area contributed by atoms with Gasteiger partial charge in [0.1, 0.15) is 12.3 Å². The van der Waals surface area contributed by atoms with Crippen LogP contribution < -0.4 is 5.32 Å². The Labute approximate surface area is 158 Å². The normalized spacial score (nSPS) is 11.4. The Bertz CT molecular complexity index is 1140. The van der Waals surface area contributed by atoms with Crippen LogP contribution in [0.25, 0.3) is 11.3 Å². The van der Waals surface area contributed by atoms with Gasteiger partial charge in [-0.25, -0.2) is 23.1 Å². The average Bonchev–Trinajstić information content (AvgIpc) is 3.24. The molecule has 1 N–H and O–H groups in total. The summed E-state index contributed by atoms with van der Waals surface area (Å²) >= 11 is 0. The maximum Gasteiger partial charge on any atom is 0.407 e. The zero-order valence-corrected chi connectivity index (χ0v) is 15.6. The molecule has 3 heterocycles. The third-order valence-corrected chi connectivity index (χ3v) is 5.49. The number of carbonyl (C=O) groups is 1. The Morgan fingerprint density at radius 2 is 2.04 bits per heavy atom. The van der Waals surface area contributed by atoms with E-state index in [1.54, 1.807) is 0 Å². The standard InChI is InChI=1S/C16H15F2N5O4S/c1-19-16(24)27-9-10-8-23(28(25,26)15-21-6-7-22(15)2)13(12(10)17)11-4-3-5-20-14(11)18/h3-8H,9H2,1-2H3,(H,19,24). The first-order valence-electron chi connectivity index (χ1n) is 7.85. The van der Waals surface area contributed by atoms with Crippen LogP contribution in [0.2, 0.25) is 0 Å². The quantitative estimate of drug-likeness (QED) is 0.640. The first-order chi connectivity index (χ1) is 13.3. The molecule has 0 bridgehead atoms. The summed E-state index contributed by atoms with van der Waals surface area (Å²) in [6.07, 6.45) is 3.88. The van der Waals surface area contributed by atoms with Crippen molar-refractivity contribution in [3.63, 3.8) is 0 Å². The van der Waals surface area contributed by atoms with Crippen LogP contribution in [-0.2, 0) is 28.4 Å². The van der Waals surface area contributed by atoms with E-state index in [2.05, 4.69) is 15.3 Å². The van der Waals surface area contributed by atoms with Gasteiger partial charge in [0.25, 0.3) is 0 Å². The number of carbonyl (C=O) groups excluding carboxylic acids is 1. The molecule has 0 aliphatic carbocycles. The summed E-state index contributed by atoms with van der Waals surface area (Å²) in [5.41, 5.74) is -1.22. The lowest BCUT2D eigenvalue weighted by atomic mass is 10.2. The van der Waals surface area contributed by atoms with Crippen LogP contribution >= 0.6 is 0 Å². The molecule has 3 aromatic rings. The van der Waals surface area contributed by atoms with Gasteiger partial charge in [0.05, 0.1) is 5.56 Å². The van der Waals surface area contributed by atoms with Gasteiger partial charge < -0.3 is 14.6 Å². The fraction of sp³-hybridized carbons (Fsp3) is 0.188. The summed E-state index contributed by atoms with van der Waals surface area (Å²) in [6.45, 7) is -0.566. The number of aryl methyl sites for hydroxylation is 1. The number of amides is 1. The topological polar surface area (TPSA) is 108 Å². The van der Waals surface area contributed by atoms with E-state index in [9.17, 15) is 17.6 Å². The van der Waals surface area contributed by atoms with Crippen molar-refractivity contribution in [1.29, 1.82) is 0 Å². The van der Waals surface area contributed by atoms with Crippen molar-refractivity contribution in [3.8, 4) is 11.3 Å². The highest BCUT2D eigenvalue weighted by Gasteiger charge is 2.31. The number of hydrogen-bond acceptors (Lipinski definition) is 6. The number of imidazole rings is 1. The lowest BCUT2D eigenvalue weighted by molar-refractivity contribution is 0.141. The highest BCUT2D eigenvalue weighted by molar-refractivity contribution is 7.89. The molecule has 0 fully saturated rings. The van der Waals surface area contributed by atoms with Crippen molar-refractivity contribution in [2.45, 2.75) is 11.8 Å². The third-order valence-electron chi connectivity index (χ3n) is 3.83. The fourth-order valence-electron chi connectivity index (χ4n) is 2.51. The Balaban J connectivity index is 2.22. The van der Waals surface area contributed by atoms with E-state index in [0.29, 0.717) is 3.97 Å². The molecule has 148 valence electrons. The van der Waals surface area contributed by atoms with E-state index in [4.69, 9.17) is 4.74 Å². The number of ether oxygens (including phenoxy) is 1. The summed E-state index contributed by atoms with van der Waals surface area (Å²) < 4.78 is 61.9. The highest BCUT2D eigenvalue weighted by atomic mass is 32.2. The van der Waals surface area contributed by atoms with Gasteiger partial charge in [-0.15, -0.1) is 0 Å². The summed E-state index contributed by atoms with van der Waals surface area (Å²) in [7, 11) is -1.63. The number of aromatic nitrogens is 4.